The van der Waals surface area contributed by atoms with Crippen molar-refractivity contribution in [3.05, 3.63) is 24.3 Å². The van der Waals surface area contributed by atoms with Gasteiger partial charge in [0.2, 0.25) is 0 Å². The molecule has 0 aromatic carbocycles. The first-order valence-electron chi connectivity index (χ1n) is 13.3. The van der Waals surface area contributed by atoms with Crippen LogP contribution in [0.4, 0.5) is 0 Å². The molecule has 0 aliphatic rings. The predicted molar refractivity (Wildman–Crippen MR) is 141 cm³/mol. The van der Waals surface area contributed by atoms with E-state index in [2.05, 4.69) is 54.1 Å². The van der Waals surface area contributed by atoms with E-state index in [1.54, 1.807) is 0 Å². The van der Waals surface area contributed by atoms with Crippen LogP contribution in [0.5, 0.6) is 0 Å². The van der Waals surface area contributed by atoms with Crippen molar-refractivity contribution in [1.29, 1.82) is 0 Å². The van der Waals surface area contributed by atoms with Gasteiger partial charge in [-0.2, -0.15) is 0 Å². The third-order valence-corrected chi connectivity index (χ3v) is 6.20. The number of halogens is 1. The summed E-state index contributed by atoms with van der Waals surface area (Å²) in [6, 6.07) is 0. The molecule has 0 saturated carbocycles. The second-order valence-electron chi connectivity index (χ2n) is 8.76. The largest absolute Gasteiger partial charge is 0.462 e. The maximum Gasteiger partial charge on any atom is 0.306 e. The highest BCUT2D eigenvalue weighted by Crippen LogP contribution is 2.16. The molecule has 0 radical (unpaired) electrons. The van der Waals surface area contributed by atoms with E-state index in [0.717, 1.165) is 63.1 Å². The number of unbranched alkanes of at least 4 members (excludes halogenated alkanes) is 11. The summed E-state index contributed by atoms with van der Waals surface area (Å²) >= 11 is 3.45. The molecule has 0 saturated heterocycles. The zero-order valence-electron chi connectivity index (χ0n) is 20.7. The van der Waals surface area contributed by atoms with Crippen LogP contribution in [-0.4, -0.2) is 17.4 Å². The van der Waals surface area contributed by atoms with Gasteiger partial charge >= 0.3 is 5.97 Å². The second kappa shape index (κ2) is 25.7. The molecule has 0 spiro atoms. The summed E-state index contributed by atoms with van der Waals surface area (Å²) in [5.74, 6) is 0.00509. The van der Waals surface area contributed by atoms with Gasteiger partial charge in [0.05, 0.1) is 0 Å². The Morgan fingerprint density at radius 1 is 0.677 bits per heavy atom. The first-order chi connectivity index (χ1) is 15.2. The number of carbonyl (C=O) groups is 1. The summed E-state index contributed by atoms with van der Waals surface area (Å²) in [6.45, 7) is 4.50. The van der Waals surface area contributed by atoms with Gasteiger partial charge in [-0.1, -0.05) is 86.2 Å². The Labute approximate surface area is 202 Å². The van der Waals surface area contributed by atoms with Crippen LogP contribution in [0.1, 0.15) is 136 Å². The Morgan fingerprint density at radius 2 is 1.19 bits per heavy atom. The van der Waals surface area contributed by atoms with E-state index in [1.165, 1.54) is 57.8 Å². The fourth-order valence-electron chi connectivity index (χ4n) is 3.64. The second-order valence-corrected chi connectivity index (χ2v) is 9.55. The maximum absolute atomic E-state index is 12.3. The van der Waals surface area contributed by atoms with E-state index in [9.17, 15) is 4.79 Å². The van der Waals surface area contributed by atoms with Crippen LogP contribution in [0.3, 0.4) is 0 Å². The molecular weight excluding hydrogens is 448 g/mol. The summed E-state index contributed by atoms with van der Waals surface area (Å²) in [5.41, 5.74) is 0. The van der Waals surface area contributed by atoms with Crippen molar-refractivity contribution in [2.24, 2.45) is 0 Å². The molecule has 0 aliphatic carbocycles. The normalized spacial score (nSPS) is 12.7. The number of ether oxygens (including phenoxy) is 1. The molecule has 0 aromatic heterocycles. The van der Waals surface area contributed by atoms with Gasteiger partial charge in [0.25, 0.3) is 0 Å². The van der Waals surface area contributed by atoms with Gasteiger partial charge in [-0.3, -0.25) is 4.79 Å². The van der Waals surface area contributed by atoms with E-state index in [-0.39, 0.29) is 12.1 Å². The highest BCUT2D eigenvalue weighted by atomic mass is 79.9. The van der Waals surface area contributed by atoms with Crippen molar-refractivity contribution in [3.8, 4) is 0 Å². The molecular formula is C28H51BrO2. The molecule has 1 unspecified atom stereocenters. The zero-order chi connectivity index (χ0) is 22.8. The molecule has 0 bridgehead atoms. The third kappa shape index (κ3) is 23.9. The van der Waals surface area contributed by atoms with E-state index in [1.807, 2.05) is 0 Å². The lowest BCUT2D eigenvalue weighted by Crippen LogP contribution is -2.18. The van der Waals surface area contributed by atoms with Crippen LogP contribution in [0.25, 0.3) is 0 Å². The summed E-state index contributed by atoms with van der Waals surface area (Å²) in [5, 5.41) is 1.02. The number of rotatable bonds is 23. The topological polar surface area (TPSA) is 26.3 Å². The fourth-order valence-corrected chi connectivity index (χ4v) is 4.04. The van der Waals surface area contributed by atoms with Crippen molar-refractivity contribution >= 4 is 21.9 Å². The number of carbonyl (C=O) groups excluding carboxylic acids is 1. The van der Waals surface area contributed by atoms with Crippen LogP contribution in [0, 0.1) is 0 Å². The molecule has 0 fully saturated rings. The van der Waals surface area contributed by atoms with E-state index in [0.29, 0.717) is 6.42 Å². The molecule has 2 nitrogen and oxygen atoms in total. The van der Waals surface area contributed by atoms with Gasteiger partial charge in [-0.15, -0.1) is 0 Å². The number of allylic oxidation sites excluding steroid dienone is 4. The number of alkyl halides is 1. The van der Waals surface area contributed by atoms with Crippen LogP contribution in [-0.2, 0) is 9.53 Å². The predicted octanol–water partition coefficient (Wildman–Crippen LogP) is 9.86. The lowest BCUT2D eigenvalue weighted by Gasteiger charge is -2.18. The van der Waals surface area contributed by atoms with Crippen LogP contribution < -0.4 is 0 Å². The van der Waals surface area contributed by atoms with E-state index >= 15 is 0 Å². The molecule has 31 heavy (non-hydrogen) atoms. The van der Waals surface area contributed by atoms with Crippen molar-refractivity contribution in [3.63, 3.8) is 0 Å². The quantitative estimate of drug-likeness (QED) is 0.0605. The highest BCUT2D eigenvalue weighted by molar-refractivity contribution is 9.09. The Morgan fingerprint density at radius 3 is 1.74 bits per heavy atom. The number of hydrogen-bond acceptors (Lipinski definition) is 2. The van der Waals surface area contributed by atoms with Crippen LogP contribution in [0.15, 0.2) is 24.3 Å². The average Bonchev–Trinajstić information content (AvgIpc) is 2.77. The third-order valence-electron chi connectivity index (χ3n) is 5.64. The van der Waals surface area contributed by atoms with Gasteiger partial charge in [0.15, 0.2) is 0 Å². The van der Waals surface area contributed by atoms with Crippen LogP contribution >= 0.6 is 15.9 Å². The smallest absolute Gasteiger partial charge is 0.306 e. The minimum Gasteiger partial charge on any atom is -0.462 e. The monoisotopic (exact) mass is 498 g/mol. The minimum absolute atomic E-state index is 0.00509. The molecule has 0 amide bonds. The standard InChI is InChI=1S/C28H51BrO2/c1-3-5-7-9-11-13-15-17-20-24-27(31-28(30)25-21-18-22-26-29)23-19-16-14-12-10-8-6-4-2/h11-14,27H,3-10,15-26H2,1-2H3. The van der Waals surface area contributed by atoms with Crippen molar-refractivity contribution in [2.45, 2.75) is 142 Å². The highest BCUT2D eigenvalue weighted by Gasteiger charge is 2.13. The fraction of sp³-hybridized carbons (Fsp3) is 0.821. The summed E-state index contributed by atoms with van der Waals surface area (Å²) in [4.78, 5) is 12.3. The minimum atomic E-state index is 0.00509. The molecule has 0 rings (SSSR count). The molecule has 0 aromatic rings. The first-order valence-corrected chi connectivity index (χ1v) is 14.4. The van der Waals surface area contributed by atoms with Crippen LogP contribution in [0.2, 0.25) is 0 Å². The average molecular weight is 500 g/mol. The zero-order valence-corrected chi connectivity index (χ0v) is 22.3. The Hall–Kier alpha value is -0.570. The van der Waals surface area contributed by atoms with E-state index < -0.39 is 0 Å². The Balaban J connectivity index is 4.13. The van der Waals surface area contributed by atoms with Gasteiger partial charge in [0.1, 0.15) is 6.10 Å². The van der Waals surface area contributed by atoms with Gasteiger partial charge in [-0.25, -0.2) is 0 Å². The van der Waals surface area contributed by atoms with Crippen molar-refractivity contribution in [2.75, 3.05) is 5.33 Å². The lowest BCUT2D eigenvalue weighted by molar-refractivity contribution is -0.150. The van der Waals surface area contributed by atoms with Gasteiger partial charge < -0.3 is 4.74 Å². The SMILES string of the molecule is CCCCCC=CCCCCC(CCCC=CCCCCC)OC(=O)CCCCCBr. The van der Waals surface area contributed by atoms with Gasteiger partial charge in [-0.05, 0) is 83.5 Å². The molecule has 182 valence electrons. The Bertz CT molecular complexity index is 431. The summed E-state index contributed by atoms with van der Waals surface area (Å²) < 4.78 is 5.87. The summed E-state index contributed by atoms with van der Waals surface area (Å²) in [6.07, 6.45) is 31.2. The molecule has 1 atom stereocenters. The number of hydrogen-bond donors (Lipinski definition) is 0. The van der Waals surface area contributed by atoms with Gasteiger partial charge in [0, 0.05) is 11.8 Å². The van der Waals surface area contributed by atoms with Crippen molar-refractivity contribution < 1.29 is 9.53 Å². The molecule has 3 heteroatoms. The van der Waals surface area contributed by atoms with E-state index in [4.69, 9.17) is 4.74 Å². The lowest BCUT2D eigenvalue weighted by atomic mass is 10.0. The van der Waals surface area contributed by atoms with Crippen molar-refractivity contribution in [1.82, 2.24) is 0 Å². The number of esters is 1. The summed E-state index contributed by atoms with van der Waals surface area (Å²) in [7, 11) is 0. The molecule has 0 heterocycles. The molecule has 0 aliphatic heterocycles. The first kappa shape index (κ1) is 30.4. The Kier molecular flexibility index (Phi) is 25.2. The molecule has 0 N–H and O–H groups in total. The maximum atomic E-state index is 12.3.